The molecule has 0 aliphatic heterocycles. The maximum absolute atomic E-state index is 13.4. The van der Waals surface area contributed by atoms with Gasteiger partial charge in [-0.25, -0.2) is 9.18 Å². The zero-order valence-corrected chi connectivity index (χ0v) is 10.7. The van der Waals surface area contributed by atoms with Gasteiger partial charge in [-0.2, -0.15) is 0 Å². The minimum Gasteiger partial charge on any atom is -0.478 e. The molecule has 4 nitrogen and oxygen atoms in total. The van der Waals surface area contributed by atoms with Crippen LogP contribution in [0.3, 0.4) is 0 Å². The highest BCUT2D eigenvalue weighted by molar-refractivity contribution is 7.99. The standard InChI is InChI=1S/C12H15FO4S/c1-2-17-6-9(14)7-18-11-5-8(12(15)16)3-4-10(11)13/h3-5,9,14H,2,6-7H2,1H3,(H,15,16). The molecule has 1 atom stereocenters. The maximum atomic E-state index is 13.4. The average Bonchev–Trinajstić information content (AvgIpc) is 2.35. The first-order chi connectivity index (χ1) is 8.54. The van der Waals surface area contributed by atoms with Crippen molar-refractivity contribution in [2.75, 3.05) is 19.0 Å². The third-order valence-corrected chi connectivity index (χ3v) is 3.30. The number of carboxylic acids is 1. The third-order valence-electron chi connectivity index (χ3n) is 2.12. The van der Waals surface area contributed by atoms with Gasteiger partial charge in [-0.1, -0.05) is 0 Å². The summed E-state index contributed by atoms with van der Waals surface area (Å²) in [5.74, 6) is -1.35. The fourth-order valence-electron chi connectivity index (χ4n) is 1.23. The molecule has 0 radical (unpaired) electrons. The van der Waals surface area contributed by atoms with Crippen molar-refractivity contribution in [1.82, 2.24) is 0 Å². The molecule has 6 heteroatoms. The molecule has 0 spiro atoms. The van der Waals surface area contributed by atoms with Crippen LogP contribution in [0, 0.1) is 5.82 Å². The molecule has 1 rings (SSSR count). The van der Waals surface area contributed by atoms with Crippen LogP contribution in [0.25, 0.3) is 0 Å². The molecular formula is C12H15FO4S. The number of rotatable bonds is 7. The molecule has 0 saturated carbocycles. The van der Waals surface area contributed by atoms with Gasteiger partial charge >= 0.3 is 5.97 Å². The van der Waals surface area contributed by atoms with Crippen molar-refractivity contribution in [1.29, 1.82) is 0 Å². The lowest BCUT2D eigenvalue weighted by Gasteiger charge is -2.10. The monoisotopic (exact) mass is 274 g/mol. The van der Waals surface area contributed by atoms with Crippen LogP contribution < -0.4 is 0 Å². The highest BCUT2D eigenvalue weighted by Gasteiger charge is 2.11. The molecule has 0 aliphatic rings. The van der Waals surface area contributed by atoms with E-state index in [1.165, 1.54) is 12.1 Å². The van der Waals surface area contributed by atoms with Crippen LogP contribution in [-0.4, -0.2) is 41.3 Å². The first-order valence-electron chi connectivity index (χ1n) is 5.46. The number of aliphatic hydroxyl groups is 1. The summed E-state index contributed by atoms with van der Waals surface area (Å²) in [6, 6.07) is 3.58. The maximum Gasteiger partial charge on any atom is 0.335 e. The van der Waals surface area contributed by atoms with Crippen LogP contribution >= 0.6 is 11.8 Å². The molecule has 1 aromatic carbocycles. The molecule has 1 aromatic rings. The van der Waals surface area contributed by atoms with Crippen molar-refractivity contribution in [3.8, 4) is 0 Å². The average molecular weight is 274 g/mol. The van der Waals surface area contributed by atoms with Gasteiger partial charge in [0.05, 0.1) is 18.3 Å². The molecule has 0 bridgehead atoms. The number of halogens is 1. The Bertz CT molecular complexity index is 411. The van der Waals surface area contributed by atoms with E-state index in [2.05, 4.69) is 0 Å². The molecule has 18 heavy (non-hydrogen) atoms. The molecule has 0 fully saturated rings. The van der Waals surface area contributed by atoms with E-state index in [1.54, 1.807) is 0 Å². The van der Waals surface area contributed by atoms with Gasteiger partial charge in [0.1, 0.15) is 5.82 Å². The van der Waals surface area contributed by atoms with Crippen molar-refractivity contribution < 1.29 is 24.1 Å². The lowest BCUT2D eigenvalue weighted by atomic mass is 10.2. The molecule has 1 unspecified atom stereocenters. The molecule has 0 amide bonds. The molecule has 2 N–H and O–H groups in total. The van der Waals surface area contributed by atoms with Crippen LogP contribution in [0.5, 0.6) is 0 Å². The van der Waals surface area contributed by atoms with Crippen LogP contribution in [0.4, 0.5) is 4.39 Å². The fraction of sp³-hybridized carbons (Fsp3) is 0.417. The Labute approximate surface area is 109 Å². The van der Waals surface area contributed by atoms with Gasteiger partial charge in [-0.3, -0.25) is 0 Å². The van der Waals surface area contributed by atoms with E-state index in [-0.39, 0.29) is 22.8 Å². The molecule has 100 valence electrons. The second-order valence-corrected chi connectivity index (χ2v) is 4.64. The van der Waals surface area contributed by atoms with E-state index < -0.39 is 17.9 Å². The van der Waals surface area contributed by atoms with E-state index in [0.717, 1.165) is 17.8 Å². The lowest BCUT2D eigenvalue weighted by molar-refractivity contribution is 0.0551. The first-order valence-corrected chi connectivity index (χ1v) is 6.44. The predicted molar refractivity (Wildman–Crippen MR) is 66.6 cm³/mol. The van der Waals surface area contributed by atoms with E-state index in [1.807, 2.05) is 6.92 Å². The fourth-order valence-corrected chi connectivity index (χ4v) is 2.12. The largest absolute Gasteiger partial charge is 0.478 e. The number of hydrogen-bond acceptors (Lipinski definition) is 4. The van der Waals surface area contributed by atoms with Crippen molar-refractivity contribution >= 4 is 17.7 Å². The molecular weight excluding hydrogens is 259 g/mol. The molecule has 0 aliphatic carbocycles. The van der Waals surface area contributed by atoms with Crippen molar-refractivity contribution in [2.45, 2.75) is 17.9 Å². The zero-order chi connectivity index (χ0) is 13.5. The Morgan fingerprint density at radius 1 is 1.56 bits per heavy atom. The number of aliphatic hydroxyl groups excluding tert-OH is 1. The quantitative estimate of drug-likeness (QED) is 0.745. The summed E-state index contributed by atoms with van der Waals surface area (Å²) in [5, 5.41) is 18.3. The zero-order valence-electron chi connectivity index (χ0n) is 9.93. The Balaban J connectivity index is 2.60. The van der Waals surface area contributed by atoms with E-state index in [4.69, 9.17) is 9.84 Å². The highest BCUT2D eigenvalue weighted by atomic mass is 32.2. The summed E-state index contributed by atoms with van der Waals surface area (Å²) < 4.78 is 18.4. The summed E-state index contributed by atoms with van der Waals surface area (Å²) in [7, 11) is 0. The van der Waals surface area contributed by atoms with Crippen LogP contribution in [-0.2, 0) is 4.74 Å². The topological polar surface area (TPSA) is 66.8 Å². The Hall–Kier alpha value is -1.11. The minimum absolute atomic E-state index is 0.0261. The molecule has 0 heterocycles. The summed E-state index contributed by atoms with van der Waals surface area (Å²) in [6.07, 6.45) is -0.706. The first kappa shape index (κ1) is 14.9. The smallest absolute Gasteiger partial charge is 0.335 e. The van der Waals surface area contributed by atoms with E-state index in [0.29, 0.717) is 6.61 Å². The van der Waals surface area contributed by atoms with Crippen molar-refractivity contribution in [2.24, 2.45) is 0 Å². The summed E-state index contributed by atoms with van der Waals surface area (Å²) >= 11 is 1.07. The van der Waals surface area contributed by atoms with Crippen LogP contribution in [0.15, 0.2) is 23.1 Å². The lowest BCUT2D eigenvalue weighted by Crippen LogP contribution is -2.17. The normalized spacial score (nSPS) is 12.4. The molecule has 0 aromatic heterocycles. The van der Waals surface area contributed by atoms with E-state index in [9.17, 15) is 14.3 Å². The number of thioether (sulfide) groups is 1. The number of aromatic carboxylic acids is 1. The van der Waals surface area contributed by atoms with Crippen molar-refractivity contribution in [3.63, 3.8) is 0 Å². The van der Waals surface area contributed by atoms with Gasteiger partial charge in [0.2, 0.25) is 0 Å². The van der Waals surface area contributed by atoms with E-state index >= 15 is 0 Å². The SMILES string of the molecule is CCOCC(O)CSc1cc(C(=O)O)ccc1F. The Morgan fingerprint density at radius 2 is 2.28 bits per heavy atom. The second kappa shape index (κ2) is 7.35. The third kappa shape index (κ3) is 4.64. The summed E-state index contributed by atoms with van der Waals surface area (Å²) in [5.41, 5.74) is 0.0261. The summed E-state index contributed by atoms with van der Waals surface area (Å²) in [4.78, 5) is 11.0. The number of carboxylic acid groups (broad SMARTS) is 1. The van der Waals surface area contributed by atoms with Crippen LogP contribution in [0.1, 0.15) is 17.3 Å². The van der Waals surface area contributed by atoms with Gasteiger partial charge in [-0.15, -0.1) is 11.8 Å². The van der Waals surface area contributed by atoms with Crippen LogP contribution in [0.2, 0.25) is 0 Å². The molecule has 0 saturated heterocycles. The van der Waals surface area contributed by atoms with Gasteiger partial charge in [0, 0.05) is 17.3 Å². The number of carbonyl (C=O) groups is 1. The summed E-state index contributed by atoms with van der Waals surface area (Å²) in [6.45, 7) is 2.50. The number of ether oxygens (including phenoxy) is 1. The Kier molecular flexibility index (Phi) is 6.11. The number of hydrogen-bond donors (Lipinski definition) is 2. The van der Waals surface area contributed by atoms with Gasteiger partial charge in [0.25, 0.3) is 0 Å². The van der Waals surface area contributed by atoms with Gasteiger partial charge in [-0.05, 0) is 25.1 Å². The second-order valence-electron chi connectivity index (χ2n) is 3.57. The predicted octanol–water partition coefficient (Wildman–Crippen LogP) is 2.01. The highest BCUT2D eigenvalue weighted by Crippen LogP contribution is 2.23. The van der Waals surface area contributed by atoms with Gasteiger partial charge < -0.3 is 14.9 Å². The Morgan fingerprint density at radius 3 is 2.89 bits per heavy atom. The van der Waals surface area contributed by atoms with Gasteiger partial charge in [0.15, 0.2) is 0 Å². The van der Waals surface area contributed by atoms with Crippen molar-refractivity contribution in [3.05, 3.63) is 29.6 Å². The minimum atomic E-state index is -1.10. The number of benzene rings is 1.